The van der Waals surface area contributed by atoms with Crippen molar-refractivity contribution in [3.05, 3.63) is 28.8 Å². The van der Waals surface area contributed by atoms with Gasteiger partial charge in [-0.05, 0) is 56.0 Å². The second-order valence-electron chi connectivity index (χ2n) is 4.67. The zero-order valence-electron chi connectivity index (χ0n) is 12.1. The smallest absolute Gasteiger partial charge is 0.220 e. The van der Waals surface area contributed by atoms with E-state index in [9.17, 15) is 4.79 Å². The van der Waals surface area contributed by atoms with Crippen LogP contribution in [0.2, 0.25) is 0 Å². The standard InChI is InChI=1S/C15H24N2O2/c1-11-12(2)14(19-3)7-6-13(11)8-10-17-15(18)5-4-9-16/h6-7H,4-5,8-10,16H2,1-3H3,(H,17,18). The van der Waals surface area contributed by atoms with Gasteiger partial charge in [-0.25, -0.2) is 0 Å². The molecule has 0 aliphatic carbocycles. The molecule has 0 aliphatic heterocycles. The second-order valence-corrected chi connectivity index (χ2v) is 4.67. The zero-order chi connectivity index (χ0) is 14.3. The summed E-state index contributed by atoms with van der Waals surface area (Å²) in [6, 6.07) is 4.04. The van der Waals surface area contributed by atoms with E-state index >= 15 is 0 Å². The average molecular weight is 264 g/mol. The van der Waals surface area contributed by atoms with Gasteiger partial charge in [0.05, 0.1) is 7.11 Å². The van der Waals surface area contributed by atoms with Crippen LogP contribution in [-0.2, 0) is 11.2 Å². The molecule has 4 nitrogen and oxygen atoms in total. The van der Waals surface area contributed by atoms with Crippen LogP contribution in [0, 0.1) is 13.8 Å². The summed E-state index contributed by atoms with van der Waals surface area (Å²) in [6.07, 6.45) is 2.09. The Bertz CT molecular complexity index is 430. The normalized spacial score (nSPS) is 10.3. The summed E-state index contributed by atoms with van der Waals surface area (Å²) in [5.41, 5.74) is 9.01. The van der Waals surface area contributed by atoms with Gasteiger partial charge in [-0.15, -0.1) is 0 Å². The molecular weight excluding hydrogens is 240 g/mol. The fourth-order valence-corrected chi connectivity index (χ4v) is 2.03. The van der Waals surface area contributed by atoms with Crippen LogP contribution in [0.15, 0.2) is 12.1 Å². The first-order chi connectivity index (χ1) is 9.10. The average Bonchev–Trinajstić information content (AvgIpc) is 2.41. The van der Waals surface area contributed by atoms with Crippen LogP contribution in [0.25, 0.3) is 0 Å². The molecule has 0 saturated carbocycles. The molecule has 0 saturated heterocycles. The van der Waals surface area contributed by atoms with Gasteiger partial charge < -0.3 is 15.8 Å². The van der Waals surface area contributed by atoms with E-state index in [1.165, 1.54) is 11.1 Å². The molecule has 3 N–H and O–H groups in total. The van der Waals surface area contributed by atoms with Gasteiger partial charge in [-0.2, -0.15) is 0 Å². The first-order valence-electron chi connectivity index (χ1n) is 6.70. The maximum absolute atomic E-state index is 11.5. The van der Waals surface area contributed by atoms with Crippen molar-refractivity contribution in [2.45, 2.75) is 33.1 Å². The first kappa shape index (κ1) is 15.5. The molecule has 0 spiro atoms. The van der Waals surface area contributed by atoms with Gasteiger partial charge in [0.2, 0.25) is 5.91 Å². The van der Waals surface area contributed by atoms with Crippen LogP contribution in [0.1, 0.15) is 29.5 Å². The predicted molar refractivity (Wildman–Crippen MR) is 77.5 cm³/mol. The summed E-state index contributed by atoms with van der Waals surface area (Å²) < 4.78 is 5.29. The lowest BCUT2D eigenvalue weighted by molar-refractivity contribution is -0.121. The second kappa shape index (κ2) is 7.79. The van der Waals surface area contributed by atoms with E-state index in [0.29, 0.717) is 19.5 Å². The summed E-state index contributed by atoms with van der Waals surface area (Å²) in [5, 5.41) is 2.92. The molecule has 0 fully saturated rings. The molecule has 4 heteroatoms. The van der Waals surface area contributed by atoms with E-state index in [2.05, 4.69) is 25.2 Å². The van der Waals surface area contributed by atoms with Gasteiger partial charge in [0, 0.05) is 13.0 Å². The molecule has 19 heavy (non-hydrogen) atoms. The van der Waals surface area contributed by atoms with E-state index < -0.39 is 0 Å². The predicted octanol–water partition coefficient (Wildman–Crippen LogP) is 1.71. The number of carbonyl (C=O) groups excluding carboxylic acids is 1. The Morgan fingerprint density at radius 2 is 2.05 bits per heavy atom. The van der Waals surface area contributed by atoms with Crippen molar-refractivity contribution in [3.8, 4) is 5.75 Å². The lowest BCUT2D eigenvalue weighted by Gasteiger charge is -2.13. The molecule has 0 aromatic heterocycles. The molecule has 0 heterocycles. The van der Waals surface area contributed by atoms with Crippen LogP contribution < -0.4 is 15.8 Å². The van der Waals surface area contributed by atoms with E-state index in [0.717, 1.165) is 24.2 Å². The van der Waals surface area contributed by atoms with Crippen LogP contribution in [0.5, 0.6) is 5.75 Å². The number of hydrogen-bond acceptors (Lipinski definition) is 3. The molecule has 0 aliphatic rings. The lowest BCUT2D eigenvalue weighted by atomic mass is 10.00. The van der Waals surface area contributed by atoms with Crippen LogP contribution in [-0.4, -0.2) is 26.1 Å². The Kier molecular flexibility index (Phi) is 6.36. The van der Waals surface area contributed by atoms with E-state index in [-0.39, 0.29) is 5.91 Å². The number of nitrogens with one attached hydrogen (secondary N) is 1. The number of hydrogen-bond donors (Lipinski definition) is 2. The van der Waals surface area contributed by atoms with Crippen LogP contribution in [0.3, 0.4) is 0 Å². The maximum atomic E-state index is 11.5. The van der Waals surface area contributed by atoms with Crippen LogP contribution >= 0.6 is 0 Å². The Morgan fingerprint density at radius 1 is 1.32 bits per heavy atom. The quantitative estimate of drug-likeness (QED) is 0.788. The van der Waals surface area contributed by atoms with Crippen molar-refractivity contribution >= 4 is 5.91 Å². The molecule has 0 unspecified atom stereocenters. The van der Waals surface area contributed by atoms with Gasteiger partial charge in [-0.3, -0.25) is 4.79 Å². The Balaban J connectivity index is 2.50. The molecule has 0 atom stereocenters. The summed E-state index contributed by atoms with van der Waals surface area (Å²) in [4.78, 5) is 11.5. The number of amides is 1. The SMILES string of the molecule is COc1ccc(CCNC(=O)CCCN)c(C)c1C. The Labute approximate surface area is 115 Å². The van der Waals surface area contributed by atoms with Crippen molar-refractivity contribution in [1.82, 2.24) is 5.32 Å². The molecule has 1 amide bonds. The van der Waals surface area contributed by atoms with Gasteiger partial charge in [0.15, 0.2) is 0 Å². The minimum Gasteiger partial charge on any atom is -0.496 e. The number of carbonyl (C=O) groups is 1. The largest absolute Gasteiger partial charge is 0.496 e. The van der Waals surface area contributed by atoms with Crippen molar-refractivity contribution in [2.75, 3.05) is 20.2 Å². The molecule has 0 radical (unpaired) electrons. The zero-order valence-corrected chi connectivity index (χ0v) is 12.1. The van der Waals surface area contributed by atoms with Crippen molar-refractivity contribution in [2.24, 2.45) is 5.73 Å². The molecular formula is C15H24N2O2. The highest BCUT2D eigenvalue weighted by Crippen LogP contribution is 2.23. The maximum Gasteiger partial charge on any atom is 0.220 e. The summed E-state index contributed by atoms with van der Waals surface area (Å²) in [5.74, 6) is 0.988. The van der Waals surface area contributed by atoms with Gasteiger partial charge in [0.1, 0.15) is 5.75 Å². The van der Waals surface area contributed by atoms with Gasteiger partial charge >= 0.3 is 0 Å². The highest BCUT2D eigenvalue weighted by Gasteiger charge is 2.07. The fraction of sp³-hybridized carbons (Fsp3) is 0.533. The molecule has 1 aromatic carbocycles. The van der Waals surface area contributed by atoms with E-state index in [4.69, 9.17) is 10.5 Å². The van der Waals surface area contributed by atoms with E-state index in [1.54, 1.807) is 7.11 Å². The number of methoxy groups -OCH3 is 1. The number of rotatable bonds is 7. The molecule has 0 bridgehead atoms. The number of benzene rings is 1. The number of nitrogens with two attached hydrogens (primary N) is 1. The van der Waals surface area contributed by atoms with Crippen molar-refractivity contribution in [3.63, 3.8) is 0 Å². The van der Waals surface area contributed by atoms with Crippen LogP contribution in [0.4, 0.5) is 0 Å². The fourth-order valence-electron chi connectivity index (χ4n) is 2.03. The molecule has 1 rings (SSSR count). The van der Waals surface area contributed by atoms with Gasteiger partial charge in [-0.1, -0.05) is 6.07 Å². The molecule has 106 valence electrons. The summed E-state index contributed by atoms with van der Waals surface area (Å²) in [7, 11) is 1.68. The summed E-state index contributed by atoms with van der Waals surface area (Å²) >= 11 is 0. The third-order valence-electron chi connectivity index (χ3n) is 3.39. The number of ether oxygens (including phenoxy) is 1. The van der Waals surface area contributed by atoms with Gasteiger partial charge in [0.25, 0.3) is 0 Å². The third kappa shape index (κ3) is 4.56. The Morgan fingerprint density at radius 3 is 2.68 bits per heavy atom. The lowest BCUT2D eigenvalue weighted by Crippen LogP contribution is -2.26. The topological polar surface area (TPSA) is 64.3 Å². The summed E-state index contributed by atoms with van der Waals surface area (Å²) in [6.45, 7) is 5.36. The Hall–Kier alpha value is -1.55. The monoisotopic (exact) mass is 264 g/mol. The highest BCUT2D eigenvalue weighted by molar-refractivity contribution is 5.75. The van der Waals surface area contributed by atoms with Crippen molar-refractivity contribution in [1.29, 1.82) is 0 Å². The van der Waals surface area contributed by atoms with E-state index in [1.807, 2.05) is 6.07 Å². The minimum atomic E-state index is 0.0772. The molecule has 1 aromatic rings. The van der Waals surface area contributed by atoms with Crippen molar-refractivity contribution < 1.29 is 9.53 Å². The third-order valence-corrected chi connectivity index (χ3v) is 3.39. The first-order valence-corrected chi connectivity index (χ1v) is 6.70. The minimum absolute atomic E-state index is 0.0772. The highest BCUT2D eigenvalue weighted by atomic mass is 16.5.